The second kappa shape index (κ2) is 4.49. The third-order valence-corrected chi connectivity index (χ3v) is 2.98. The first-order valence-electron chi connectivity index (χ1n) is 4.88. The zero-order valence-corrected chi connectivity index (χ0v) is 9.33. The van der Waals surface area contributed by atoms with E-state index in [0.29, 0.717) is 5.75 Å². The SMILES string of the molecule is CCN(C1=NC(=O)SC1)c1ccccc1. The molecule has 1 heterocycles. The molecule has 0 aromatic heterocycles. The van der Waals surface area contributed by atoms with Gasteiger partial charge in [-0.05, 0) is 19.1 Å². The van der Waals surface area contributed by atoms with E-state index in [1.807, 2.05) is 30.3 Å². The summed E-state index contributed by atoms with van der Waals surface area (Å²) in [6.45, 7) is 2.89. The van der Waals surface area contributed by atoms with Crippen molar-refractivity contribution in [3.8, 4) is 0 Å². The molecule has 0 spiro atoms. The lowest BCUT2D eigenvalue weighted by atomic mass is 10.3. The minimum Gasteiger partial charge on any atom is -0.329 e. The summed E-state index contributed by atoms with van der Waals surface area (Å²) in [6.07, 6.45) is 0. The second-order valence-corrected chi connectivity index (χ2v) is 4.09. The van der Waals surface area contributed by atoms with Gasteiger partial charge in [0.15, 0.2) is 0 Å². The molecule has 4 heteroatoms. The molecule has 1 aromatic rings. The number of anilines is 1. The highest BCUT2D eigenvalue weighted by Gasteiger charge is 2.20. The van der Waals surface area contributed by atoms with Crippen LogP contribution in [0.15, 0.2) is 35.3 Å². The predicted molar refractivity (Wildman–Crippen MR) is 64.8 cm³/mol. The van der Waals surface area contributed by atoms with Crippen LogP contribution in [-0.2, 0) is 0 Å². The molecule has 1 aliphatic rings. The Kier molecular flexibility index (Phi) is 3.06. The number of aliphatic imine (C=N–C) groups is 1. The van der Waals surface area contributed by atoms with Crippen LogP contribution in [0.1, 0.15) is 6.92 Å². The monoisotopic (exact) mass is 220 g/mol. The summed E-state index contributed by atoms with van der Waals surface area (Å²) in [5.41, 5.74) is 1.09. The second-order valence-electron chi connectivity index (χ2n) is 3.16. The maximum absolute atomic E-state index is 11.1. The number of carbonyl (C=O) groups is 1. The van der Waals surface area contributed by atoms with Gasteiger partial charge in [-0.2, -0.15) is 4.99 Å². The molecule has 0 bridgehead atoms. The van der Waals surface area contributed by atoms with Gasteiger partial charge in [0.05, 0.1) is 5.75 Å². The first-order chi connectivity index (χ1) is 7.31. The fourth-order valence-electron chi connectivity index (χ4n) is 1.56. The van der Waals surface area contributed by atoms with Gasteiger partial charge >= 0.3 is 5.24 Å². The van der Waals surface area contributed by atoms with Crippen LogP contribution < -0.4 is 4.90 Å². The number of hydrogen-bond donors (Lipinski definition) is 0. The van der Waals surface area contributed by atoms with E-state index in [0.717, 1.165) is 18.1 Å². The van der Waals surface area contributed by atoms with Crippen molar-refractivity contribution < 1.29 is 4.79 Å². The Bertz CT molecular complexity index is 389. The molecule has 0 fully saturated rings. The lowest BCUT2D eigenvalue weighted by Crippen LogP contribution is -2.30. The Morgan fingerprint density at radius 2 is 2.13 bits per heavy atom. The smallest absolute Gasteiger partial charge is 0.306 e. The number of para-hydroxylation sites is 1. The Balaban J connectivity index is 2.25. The average Bonchev–Trinajstić information content (AvgIpc) is 2.68. The molecule has 78 valence electrons. The molecule has 0 saturated carbocycles. The van der Waals surface area contributed by atoms with Gasteiger partial charge in [0.2, 0.25) is 0 Å². The zero-order valence-electron chi connectivity index (χ0n) is 8.51. The Morgan fingerprint density at radius 1 is 1.40 bits per heavy atom. The van der Waals surface area contributed by atoms with Gasteiger partial charge in [0, 0.05) is 12.2 Å². The van der Waals surface area contributed by atoms with Crippen LogP contribution >= 0.6 is 11.8 Å². The van der Waals surface area contributed by atoms with E-state index in [1.165, 1.54) is 11.8 Å². The Hall–Kier alpha value is -1.29. The molecule has 1 aromatic carbocycles. The molecule has 2 rings (SSSR count). The minimum absolute atomic E-state index is 0.0839. The molecule has 1 amide bonds. The Morgan fingerprint density at radius 3 is 2.67 bits per heavy atom. The van der Waals surface area contributed by atoms with E-state index < -0.39 is 0 Å². The van der Waals surface area contributed by atoms with Crippen LogP contribution in [0.25, 0.3) is 0 Å². The number of amides is 1. The van der Waals surface area contributed by atoms with Crippen LogP contribution in [0, 0.1) is 0 Å². The molecule has 0 atom stereocenters. The summed E-state index contributed by atoms with van der Waals surface area (Å²) in [4.78, 5) is 17.1. The van der Waals surface area contributed by atoms with Crippen molar-refractivity contribution in [2.24, 2.45) is 4.99 Å². The fraction of sp³-hybridized carbons (Fsp3) is 0.273. The van der Waals surface area contributed by atoms with Crippen molar-refractivity contribution in [1.29, 1.82) is 0 Å². The maximum atomic E-state index is 11.1. The summed E-state index contributed by atoms with van der Waals surface area (Å²) < 4.78 is 0. The fourth-order valence-corrected chi connectivity index (χ4v) is 2.20. The lowest BCUT2D eigenvalue weighted by Gasteiger charge is -2.21. The van der Waals surface area contributed by atoms with Crippen molar-refractivity contribution in [3.63, 3.8) is 0 Å². The normalized spacial score (nSPS) is 15.3. The van der Waals surface area contributed by atoms with E-state index in [9.17, 15) is 4.79 Å². The summed E-state index contributed by atoms with van der Waals surface area (Å²) in [5, 5.41) is -0.0839. The standard InChI is InChI=1S/C11H12N2OS/c1-2-13(9-6-4-3-5-7-9)10-8-15-11(14)12-10/h3-7H,2,8H2,1H3. The topological polar surface area (TPSA) is 32.7 Å². The van der Waals surface area contributed by atoms with Crippen LogP contribution in [0.2, 0.25) is 0 Å². The lowest BCUT2D eigenvalue weighted by molar-refractivity contribution is 0.268. The van der Waals surface area contributed by atoms with Crippen molar-refractivity contribution in [2.45, 2.75) is 6.92 Å². The molecular weight excluding hydrogens is 208 g/mol. The van der Waals surface area contributed by atoms with Crippen LogP contribution in [0.4, 0.5) is 10.5 Å². The van der Waals surface area contributed by atoms with Crippen molar-refractivity contribution in [2.75, 3.05) is 17.2 Å². The van der Waals surface area contributed by atoms with Gasteiger partial charge in [-0.15, -0.1) is 0 Å². The summed E-state index contributed by atoms with van der Waals surface area (Å²) >= 11 is 1.26. The molecule has 0 saturated heterocycles. The average molecular weight is 220 g/mol. The van der Waals surface area contributed by atoms with E-state index in [-0.39, 0.29) is 5.24 Å². The summed E-state index contributed by atoms with van der Waals surface area (Å²) in [5.74, 6) is 1.54. The Labute approximate surface area is 93.2 Å². The number of carbonyl (C=O) groups excluding carboxylic acids is 1. The predicted octanol–water partition coefficient (Wildman–Crippen LogP) is 2.78. The van der Waals surface area contributed by atoms with E-state index in [2.05, 4.69) is 16.8 Å². The molecule has 0 aliphatic carbocycles. The first kappa shape index (κ1) is 10.2. The van der Waals surface area contributed by atoms with Gasteiger partial charge in [0.25, 0.3) is 0 Å². The molecule has 15 heavy (non-hydrogen) atoms. The van der Waals surface area contributed by atoms with Gasteiger partial charge in [0.1, 0.15) is 5.84 Å². The maximum Gasteiger partial charge on any atom is 0.306 e. The van der Waals surface area contributed by atoms with Gasteiger partial charge < -0.3 is 4.90 Å². The highest BCUT2D eigenvalue weighted by atomic mass is 32.2. The molecular formula is C11H12N2OS. The zero-order chi connectivity index (χ0) is 10.7. The van der Waals surface area contributed by atoms with Gasteiger partial charge in [-0.1, -0.05) is 30.0 Å². The molecule has 0 radical (unpaired) electrons. The van der Waals surface area contributed by atoms with Crippen LogP contribution in [0.3, 0.4) is 0 Å². The third kappa shape index (κ3) is 2.21. The van der Waals surface area contributed by atoms with Gasteiger partial charge in [-0.3, -0.25) is 4.79 Å². The number of nitrogens with zero attached hydrogens (tertiary/aromatic N) is 2. The first-order valence-corrected chi connectivity index (χ1v) is 5.86. The van der Waals surface area contributed by atoms with Crippen LogP contribution in [0.5, 0.6) is 0 Å². The number of benzene rings is 1. The molecule has 3 nitrogen and oxygen atoms in total. The number of amidine groups is 1. The van der Waals surface area contributed by atoms with E-state index in [4.69, 9.17) is 0 Å². The highest BCUT2D eigenvalue weighted by molar-refractivity contribution is 8.14. The number of rotatable bonds is 2. The number of thioether (sulfide) groups is 1. The minimum atomic E-state index is -0.0839. The van der Waals surface area contributed by atoms with E-state index >= 15 is 0 Å². The van der Waals surface area contributed by atoms with Crippen molar-refractivity contribution in [3.05, 3.63) is 30.3 Å². The van der Waals surface area contributed by atoms with Crippen molar-refractivity contribution >= 4 is 28.5 Å². The molecule has 0 N–H and O–H groups in total. The van der Waals surface area contributed by atoms with Crippen LogP contribution in [-0.4, -0.2) is 23.4 Å². The largest absolute Gasteiger partial charge is 0.329 e. The highest BCUT2D eigenvalue weighted by Crippen LogP contribution is 2.21. The third-order valence-electron chi connectivity index (χ3n) is 2.24. The van der Waals surface area contributed by atoms with E-state index in [1.54, 1.807) is 0 Å². The quantitative estimate of drug-likeness (QED) is 0.768. The number of hydrogen-bond acceptors (Lipinski definition) is 3. The van der Waals surface area contributed by atoms with Crippen molar-refractivity contribution in [1.82, 2.24) is 0 Å². The van der Waals surface area contributed by atoms with Gasteiger partial charge in [-0.25, -0.2) is 0 Å². The molecule has 0 unspecified atom stereocenters. The molecule has 1 aliphatic heterocycles. The summed E-state index contributed by atoms with van der Waals surface area (Å²) in [6, 6.07) is 10.0. The summed E-state index contributed by atoms with van der Waals surface area (Å²) in [7, 11) is 0.